The molecule has 13 nitrogen and oxygen atoms in total. The molecule has 0 saturated heterocycles. The number of aromatic hydroxyl groups is 2. The number of hydrogen-bond donors (Lipinski definition) is 4. The molecule has 266 valence electrons. The van der Waals surface area contributed by atoms with Crippen molar-refractivity contribution in [2.24, 2.45) is 0 Å². The van der Waals surface area contributed by atoms with Crippen LogP contribution in [0.3, 0.4) is 0 Å². The molecule has 2 aliphatic rings. The fourth-order valence-electron chi connectivity index (χ4n) is 6.54. The number of H-pyrrole nitrogens is 1. The number of esters is 1. The number of fused-ring (bicyclic) bond motifs is 3. The molecule has 6 rings (SSSR count). The number of rotatable bonds is 7. The number of amides is 1. The number of ketones is 1. The Morgan fingerprint density at radius 2 is 1.80 bits per heavy atom. The standard InChI is InChI=1S/C38H39N3O10/c1-22-8-7-11-25(42)10-4-2-3-9-24-18-29(43)34(35(45)33(24)38(48)51-22)26(23-14-15-30-31(19-23)50-21-49-30)20-32(44)39-16-17-41-28-13-6-5-12-27(28)40-36(46)37(41)47/h3,5-6,9,12-15,18-19,22,26,43,45H,2,4,7-8,10-11,16-17,20-21H2,1H3,(H,39,44)(H,40,46)/t22-,26?/m0/s1. The first-order valence-corrected chi connectivity index (χ1v) is 17.0. The lowest BCUT2D eigenvalue weighted by Gasteiger charge is -2.23. The van der Waals surface area contributed by atoms with Crippen LogP contribution >= 0.6 is 0 Å². The quantitative estimate of drug-likeness (QED) is 0.156. The monoisotopic (exact) mass is 697 g/mol. The van der Waals surface area contributed by atoms with Gasteiger partial charge in [-0.2, -0.15) is 0 Å². The van der Waals surface area contributed by atoms with Gasteiger partial charge < -0.3 is 39.3 Å². The Morgan fingerprint density at radius 3 is 2.65 bits per heavy atom. The Balaban J connectivity index is 1.34. The van der Waals surface area contributed by atoms with Gasteiger partial charge in [-0.25, -0.2) is 4.79 Å². The normalized spacial score (nSPS) is 17.0. The highest BCUT2D eigenvalue weighted by Crippen LogP contribution is 2.46. The Bertz CT molecular complexity index is 2130. The second kappa shape index (κ2) is 15.4. The van der Waals surface area contributed by atoms with Gasteiger partial charge in [0.05, 0.1) is 17.1 Å². The third kappa shape index (κ3) is 7.82. The lowest BCUT2D eigenvalue weighted by atomic mass is 9.84. The van der Waals surface area contributed by atoms with E-state index >= 15 is 0 Å². The summed E-state index contributed by atoms with van der Waals surface area (Å²) in [7, 11) is 0. The lowest BCUT2D eigenvalue weighted by molar-refractivity contribution is -0.121. The van der Waals surface area contributed by atoms with Crippen LogP contribution in [0.15, 0.2) is 64.2 Å². The van der Waals surface area contributed by atoms with Gasteiger partial charge in [0.15, 0.2) is 11.5 Å². The minimum atomic E-state index is -0.985. The Hall–Kier alpha value is -5.85. The van der Waals surface area contributed by atoms with E-state index in [1.54, 1.807) is 61.5 Å². The number of phenolic OH excluding ortho intramolecular Hbond substituents is 2. The second-order valence-electron chi connectivity index (χ2n) is 12.7. The first-order valence-electron chi connectivity index (χ1n) is 17.0. The van der Waals surface area contributed by atoms with Crippen molar-refractivity contribution in [3.8, 4) is 23.0 Å². The van der Waals surface area contributed by atoms with Crippen LogP contribution in [-0.2, 0) is 20.9 Å². The molecule has 1 aromatic heterocycles. The van der Waals surface area contributed by atoms with Crippen LogP contribution in [0.25, 0.3) is 17.1 Å². The molecule has 0 fully saturated rings. The van der Waals surface area contributed by atoms with Crippen LogP contribution in [0.4, 0.5) is 0 Å². The molecule has 2 aliphatic heterocycles. The van der Waals surface area contributed by atoms with Gasteiger partial charge in [0.25, 0.3) is 0 Å². The summed E-state index contributed by atoms with van der Waals surface area (Å²) in [6, 6.07) is 13.2. The van der Waals surface area contributed by atoms with Gasteiger partial charge in [-0.15, -0.1) is 0 Å². The van der Waals surface area contributed by atoms with E-state index in [1.807, 2.05) is 0 Å². The molecule has 1 amide bonds. The van der Waals surface area contributed by atoms with E-state index in [4.69, 9.17) is 14.2 Å². The zero-order valence-corrected chi connectivity index (χ0v) is 28.1. The predicted octanol–water partition coefficient (Wildman–Crippen LogP) is 4.65. The van der Waals surface area contributed by atoms with E-state index in [1.165, 1.54) is 10.6 Å². The number of phenols is 2. The summed E-state index contributed by atoms with van der Waals surface area (Å²) in [5.74, 6) is -2.14. The molecule has 4 aromatic rings. The van der Waals surface area contributed by atoms with Crippen LogP contribution in [0.5, 0.6) is 23.0 Å². The summed E-state index contributed by atoms with van der Waals surface area (Å²) < 4.78 is 18.0. The summed E-state index contributed by atoms with van der Waals surface area (Å²) in [5, 5.41) is 26.1. The molecule has 0 saturated carbocycles. The second-order valence-corrected chi connectivity index (χ2v) is 12.7. The topological polar surface area (TPSA) is 186 Å². The van der Waals surface area contributed by atoms with Gasteiger partial charge in [0.2, 0.25) is 12.7 Å². The first-order chi connectivity index (χ1) is 24.6. The average molecular weight is 698 g/mol. The first kappa shape index (κ1) is 35.0. The van der Waals surface area contributed by atoms with E-state index in [2.05, 4.69) is 10.3 Å². The zero-order valence-electron chi connectivity index (χ0n) is 28.1. The number of benzene rings is 3. The Kier molecular flexibility index (Phi) is 10.5. The molecule has 3 aromatic carbocycles. The van der Waals surface area contributed by atoms with E-state index in [-0.39, 0.29) is 54.5 Å². The number of carbonyl (C=O) groups is 3. The predicted molar refractivity (Wildman–Crippen MR) is 187 cm³/mol. The Morgan fingerprint density at radius 1 is 1.02 bits per heavy atom. The number of ether oxygens (including phenoxy) is 3. The summed E-state index contributed by atoms with van der Waals surface area (Å²) in [6.07, 6.45) is 5.50. The number of allylic oxidation sites excluding steroid dienone is 1. The third-order valence-electron chi connectivity index (χ3n) is 9.13. The number of carbonyl (C=O) groups excluding carboxylic acids is 3. The molecule has 0 aliphatic carbocycles. The van der Waals surface area contributed by atoms with Crippen molar-refractivity contribution >= 4 is 34.8 Å². The number of para-hydroxylation sites is 2. The van der Waals surface area contributed by atoms with Crippen LogP contribution in [-0.4, -0.2) is 56.9 Å². The summed E-state index contributed by atoms with van der Waals surface area (Å²) in [4.78, 5) is 66.9. The summed E-state index contributed by atoms with van der Waals surface area (Å²) in [5.41, 5.74) is -0.0901. The molecular weight excluding hydrogens is 658 g/mol. The van der Waals surface area contributed by atoms with Crippen LogP contribution in [0, 0.1) is 0 Å². The van der Waals surface area contributed by atoms with Crippen LogP contribution in [0.1, 0.15) is 84.8 Å². The maximum Gasteiger partial charge on any atom is 0.342 e. The minimum Gasteiger partial charge on any atom is -0.507 e. The fraction of sp³-hybridized carbons (Fsp3) is 0.342. The molecular formula is C38H39N3O10. The summed E-state index contributed by atoms with van der Waals surface area (Å²) in [6.45, 7) is 1.71. The maximum atomic E-state index is 13.7. The molecule has 2 atom stereocenters. The Labute approximate surface area is 292 Å². The summed E-state index contributed by atoms with van der Waals surface area (Å²) >= 11 is 0. The van der Waals surface area contributed by atoms with Gasteiger partial charge >= 0.3 is 17.1 Å². The zero-order chi connectivity index (χ0) is 36.1. The molecule has 3 heterocycles. The highest BCUT2D eigenvalue weighted by atomic mass is 16.7. The maximum absolute atomic E-state index is 13.7. The number of nitrogens with one attached hydrogen (secondary N) is 2. The largest absolute Gasteiger partial charge is 0.507 e. The van der Waals surface area contributed by atoms with Crippen molar-refractivity contribution < 1.29 is 38.8 Å². The molecule has 1 unspecified atom stereocenters. The number of aromatic amines is 1. The molecule has 4 N–H and O–H groups in total. The van der Waals surface area contributed by atoms with Crippen LogP contribution < -0.4 is 25.9 Å². The number of cyclic esters (lactones) is 1. The van der Waals surface area contributed by atoms with Crippen molar-refractivity contribution in [1.82, 2.24) is 14.9 Å². The van der Waals surface area contributed by atoms with Gasteiger partial charge in [0.1, 0.15) is 22.8 Å². The van der Waals surface area contributed by atoms with E-state index < -0.39 is 40.8 Å². The van der Waals surface area contributed by atoms with E-state index in [0.717, 1.165) is 0 Å². The van der Waals surface area contributed by atoms with E-state index in [9.17, 15) is 34.2 Å². The van der Waals surface area contributed by atoms with Crippen molar-refractivity contribution in [3.63, 3.8) is 0 Å². The molecule has 51 heavy (non-hydrogen) atoms. The van der Waals surface area contributed by atoms with Crippen molar-refractivity contribution in [2.45, 2.75) is 70.4 Å². The average Bonchev–Trinajstić information content (AvgIpc) is 3.57. The van der Waals surface area contributed by atoms with Gasteiger partial charge in [0, 0.05) is 43.8 Å². The van der Waals surface area contributed by atoms with Crippen molar-refractivity contribution in [2.75, 3.05) is 13.3 Å². The van der Waals surface area contributed by atoms with Crippen molar-refractivity contribution in [1.29, 1.82) is 0 Å². The van der Waals surface area contributed by atoms with E-state index in [0.29, 0.717) is 66.6 Å². The third-order valence-corrected chi connectivity index (χ3v) is 9.13. The molecule has 13 heteroatoms. The lowest BCUT2D eigenvalue weighted by Crippen LogP contribution is -2.39. The minimum absolute atomic E-state index is 0.000175. The fourth-order valence-corrected chi connectivity index (χ4v) is 6.54. The molecule has 0 bridgehead atoms. The smallest absolute Gasteiger partial charge is 0.342 e. The van der Waals surface area contributed by atoms with Gasteiger partial charge in [-0.1, -0.05) is 30.4 Å². The number of aromatic nitrogens is 2. The molecule has 0 radical (unpaired) electrons. The number of Topliss-reactive ketones (excluding diaryl/α,β-unsaturated/α-hetero) is 1. The van der Waals surface area contributed by atoms with Gasteiger partial charge in [-0.05, 0) is 74.1 Å². The SMILES string of the molecule is C[C@H]1CCCC(=O)CCCC=Cc2cc(O)c(C(CC(=O)NCCn3c(=O)c(=O)[nH]c4ccccc43)c3ccc4c(c3)OCO4)c(O)c2C(=O)O1. The number of nitrogens with zero attached hydrogens (tertiary/aromatic N) is 1. The number of hydrogen-bond acceptors (Lipinski definition) is 10. The van der Waals surface area contributed by atoms with Crippen LogP contribution in [0.2, 0.25) is 0 Å². The highest BCUT2D eigenvalue weighted by molar-refractivity contribution is 5.98. The molecule has 0 spiro atoms. The highest BCUT2D eigenvalue weighted by Gasteiger charge is 2.32. The van der Waals surface area contributed by atoms with Crippen molar-refractivity contribution in [3.05, 3.63) is 97.6 Å². The van der Waals surface area contributed by atoms with Gasteiger partial charge in [-0.3, -0.25) is 19.2 Å².